The summed E-state index contributed by atoms with van der Waals surface area (Å²) in [5.41, 5.74) is 3.96. The molecule has 98 valence electrons. The zero-order valence-electron chi connectivity index (χ0n) is 10.5. The normalized spacial score (nSPS) is 13.7. The molecule has 1 aliphatic heterocycles. The highest BCUT2D eigenvalue weighted by Gasteiger charge is 2.16. The van der Waals surface area contributed by atoms with Gasteiger partial charge in [0.1, 0.15) is 12.1 Å². The third kappa shape index (κ3) is 1.64. The molecule has 1 aliphatic rings. The van der Waals surface area contributed by atoms with E-state index in [0.29, 0.717) is 12.3 Å². The minimum Gasteiger partial charge on any atom is -0.410 e. The molecule has 2 heterocycles. The van der Waals surface area contributed by atoms with Crippen LogP contribution in [0.25, 0.3) is 16.7 Å². The Kier molecular flexibility index (Phi) is 2.26. The van der Waals surface area contributed by atoms with Crippen molar-refractivity contribution in [2.75, 3.05) is 0 Å². The van der Waals surface area contributed by atoms with E-state index in [1.54, 1.807) is 6.33 Å². The van der Waals surface area contributed by atoms with Crippen molar-refractivity contribution in [3.05, 3.63) is 54.4 Å². The minimum atomic E-state index is -0.404. The molecule has 0 bridgehead atoms. The molecule has 2 aromatic carbocycles. The summed E-state index contributed by atoms with van der Waals surface area (Å²) in [6, 6.07) is 13.7. The summed E-state index contributed by atoms with van der Waals surface area (Å²) in [5.74, 6) is 0.613. The lowest BCUT2D eigenvalue weighted by Crippen LogP contribution is -2.31. The van der Waals surface area contributed by atoms with Crippen LogP contribution in [0, 0.1) is 0 Å². The Morgan fingerprint density at radius 3 is 3.05 bits per heavy atom. The first-order valence-electron chi connectivity index (χ1n) is 6.32. The first kappa shape index (κ1) is 11.0. The molecule has 0 saturated carbocycles. The van der Waals surface area contributed by atoms with E-state index in [2.05, 4.69) is 10.3 Å². The van der Waals surface area contributed by atoms with Crippen LogP contribution in [0.5, 0.6) is 5.75 Å². The Bertz CT molecular complexity index is 823. The van der Waals surface area contributed by atoms with Gasteiger partial charge in [0, 0.05) is 17.8 Å². The van der Waals surface area contributed by atoms with Crippen molar-refractivity contribution in [2.45, 2.75) is 6.54 Å². The van der Waals surface area contributed by atoms with Gasteiger partial charge in [0.15, 0.2) is 0 Å². The van der Waals surface area contributed by atoms with E-state index in [1.807, 2.05) is 47.0 Å². The lowest BCUT2D eigenvalue weighted by molar-refractivity contribution is 0.194. The highest BCUT2D eigenvalue weighted by Crippen LogP contribution is 2.26. The number of aromatic nitrogens is 2. The molecule has 0 saturated heterocycles. The van der Waals surface area contributed by atoms with Crippen LogP contribution in [-0.4, -0.2) is 15.6 Å². The third-order valence-electron chi connectivity index (χ3n) is 3.40. The van der Waals surface area contributed by atoms with Crippen LogP contribution >= 0.6 is 0 Å². The molecular formula is C15H11N3O2. The molecule has 5 nitrogen and oxygen atoms in total. The van der Waals surface area contributed by atoms with Crippen molar-refractivity contribution in [2.24, 2.45) is 0 Å². The Labute approximate surface area is 114 Å². The van der Waals surface area contributed by atoms with E-state index in [0.717, 1.165) is 22.3 Å². The average molecular weight is 265 g/mol. The second-order valence-corrected chi connectivity index (χ2v) is 4.64. The van der Waals surface area contributed by atoms with E-state index < -0.39 is 6.09 Å². The number of hydrogen-bond acceptors (Lipinski definition) is 3. The van der Waals surface area contributed by atoms with Crippen LogP contribution in [0.15, 0.2) is 48.8 Å². The fourth-order valence-corrected chi connectivity index (χ4v) is 2.42. The maximum absolute atomic E-state index is 11.2. The number of hydrogen-bond donors (Lipinski definition) is 1. The number of imidazole rings is 1. The van der Waals surface area contributed by atoms with Gasteiger partial charge in [-0.2, -0.15) is 0 Å². The van der Waals surface area contributed by atoms with Gasteiger partial charge in [0.25, 0.3) is 0 Å². The molecule has 0 radical (unpaired) electrons. The van der Waals surface area contributed by atoms with Crippen molar-refractivity contribution in [1.82, 2.24) is 14.9 Å². The Balaban J connectivity index is 1.85. The van der Waals surface area contributed by atoms with Crippen LogP contribution in [-0.2, 0) is 6.54 Å². The van der Waals surface area contributed by atoms with Gasteiger partial charge in [0.2, 0.25) is 0 Å². The van der Waals surface area contributed by atoms with Gasteiger partial charge in [-0.1, -0.05) is 12.1 Å². The largest absolute Gasteiger partial charge is 0.412 e. The van der Waals surface area contributed by atoms with Crippen LogP contribution in [0.1, 0.15) is 5.56 Å². The molecule has 1 amide bonds. The third-order valence-corrected chi connectivity index (χ3v) is 3.40. The summed E-state index contributed by atoms with van der Waals surface area (Å²) in [5, 5.41) is 2.66. The van der Waals surface area contributed by atoms with Gasteiger partial charge in [-0.3, -0.25) is 4.57 Å². The lowest BCUT2D eigenvalue weighted by atomic mass is 10.1. The highest BCUT2D eigenvalue weighted by molar-refractivity contribution is 5.78. The number of carbonyl (C=O) groups is 1. The molecular weight excluding hydrogens is 254 g/mol. The quantitative estimate of drug-likeness (QED) is 0.735. The van der Waals surface area contributed by atoms with Crippen LogP contribution in [0.2, 0.25) is 0 Å². The van der Waals surface area contributed by atoms with Gasteiger partial charge in [0.05, 0.1) is 11.0 Å². The van der Waals surface area contributed by atoms with Gasteiger partial charge < -0.3 is 10.1 Å². The zero-order chi connectivity index (χ0) is 13.5. The first-order chi connectivity index (χ1) is 9.81. The number of fused-ring (bicyclic) bond motifs is 2. The van der Waals surface area contributed by atoms with E-state index in [9.17, 15) is 4.79 Å². The molecule has 1 aromatic heterocycles. The van der Waals surface area contributed by atoms with E-state index >= 15 is 0 Å². The smallest absolute Gasteiger partial charge is 0.410 e. The summed E-state index contributed by atoms with van der Waals surface area (Å²) >= 11 is 0. The minimum absolute atomic E-state index is 0.404. The van der Waals surface area contributed by atoms with Crippen LogP contribution in [0.4, 0.5) is 4.79 Å². The molecule has 4 rings (SSSR count). The molecule has 0 unspecified atom stereocenters. The topological polar surface area (TPSA) is 56.2 Å². The van der Waals surface area contributed by atoms with Crippen molar-refractivity contribution in [3.8, 4) is 11.4 Å². The fourth-order valence-electron chi connectivity index (χ4n) is 2.42. The maximum Gasteiger partial charge on any atom is 0.412 e. The van der Waals surface area contributed by atoms with Crippen LogP contribution in [0.3, 0.4) is 0 Å². The van der Waals surface area contributed by atoms with Crippen molar-refractivity contribution < 1.29 is 9.53 Å². The first-order valence-corrected chi connectivity index (χ1v) is 6.32. The van der Waals surface area contributed by atoms with E-state index in [4.69, 9.17) is 4.74 Å². The number of benzene rings is 2. The maximum atomic E-state index is 11.2. The lowest BCUT2D eigenvalue weighted by Gasteiger charge is -2.17. The predicted molar refractivity (Wildman–Crippen MR) is 73.9 cm³/mol. The van der Waals surface area contributed by atoms with Crippen molar-refractivity contribution in [1.29, 1.82) is 0 Å². The summed E-state index contributed by atoms with van der Waals surface area (Å²) in [6.07, 6.45) is 1.40. The molecule has 0 aliphatic carbocycles. The number of ether oxygens (including phenoxy) is 1. The molecule has 5 heteroatoms. The monoisotopic (exact) mass is 265 g/mol. The van der Waals surface area contributed by atoms with Crippen molar-refractivity contribution >= 4 is 17.1 Å². The van der Waals surface area contributed by atoms with Gasteiger partial charge in [-0.25, -0.2) is 9.78 Å². The van der Waals surface area contributed by atoms with Crippen molar-refractivity contribution in [3.63, 3.8) is 0 Å². The Morgan fingerprint density at radius 2 is 2.10 bits per heavy atom. The van der Waals surface area contributed by atoms with E-state index in [-0.39, 0.29) is 0 Å². The van der Waals surface area contributed by atoms with Gasteiger partial charge in [-0.15, -0.1) is 0 Å². The fraction of sp³-hybridized carbons (Fsp3) is 0.0667. The molecule has 0 atom stereocenters. The number of para-hydroxylation sites is 2. The number of rotatable bonds is 1. The van der Waals surface area contributed by atoms with Gasteiger partial charge >= 0.3 is 6.09 Å². The number of carbonyl (C=O) groups excluding carboxylic acids is 1. The molecule has 3 aromatic rings. The highest BCUT2D eigenvalue weighted by atomic mass is 16.6. The number of nitrogens with zero attached hydrogens (tertiary/aromatic N) is 2. The Morgan fingerprint density at radius 1 is 1.20 bits per heavy atom. The second-order valence-electron chi connectivity index (χ2n) is 4.64. The molecule has 1 N–H and O–H groups in total. The summed E-state index contributed by atoms with van der Waals surface area (Å²) in [7, 11) is 0. The molecule has 20 heavy (non-hydrogen) atoms. The SMILES string of the molecule is O=C1NCc2cc(-n3cnc4ccccc43)ccc2O1. The molecule has 0 spiro atoms. The number of amides is 1. The predicted octanol–water partition coefficient (Wildman–Crippen LogP) is 2.63. The average Bonchev–Trinajstić information content (AvgIpc) is 2.91. The summed E-state index contributed by atoms with van der Waals surface area (Å²) in [6.45, 7) is 0.481. The summed E-state index contributed by atoms with van der Waals surface area (Å²) in [4.78, 5) is 15.5. The van der Waals surface area contributed by atoms with Crippen LogP contribution < -0.4 is 10.1 Å². The molecule has 0 fully saturated rings. The van der Waals surface area contributed by atoms with E-state index in [1.165, 1.54) is 0 Å². The summed E-state index contributed by atoms with van der Waals surface area (Å²) < 4.78 is 7.14. The van der Waals surface area contributed by atoms with Gasteiger partial charge in [-0.05, 0) is 30.3 Å². The zero-order valence-corrected chi connectivity index (χ0v) is 10.5. The standard InChI is InChI=1S/C15H11N3O2/c19-15-16-8-10-7-11(5-6-14(10)20-15)18-9-17-12-3-1-2-4-13(12)18/h1-7,9H,8H2,(H,16,19). The Hall–Kier alpha value is -2.82. The number of nitrogens with one attached hydrogen (secondary N) is 1. The second kappa shape index (κ2) is 4.09.